The Morgan fingerprint density at radius 3 is 1.82 bits per heavy atom. The number of hydrogen-bond donors (Lipinski definition) is 1. The summed E-state index contributed by atoms with van der Waals surface area (Å²) in [5.41, 5.74) is 0.757. The lowest BCUT2D eigenvalue weighted by atomic mass is 9.78. The summed E-state index contributed by atoms with van der Waals surface area (Å²) in [5, 5.41) is 33.0. The first-order chi connectivity index (χ1) is 16.0. The first-order valence-electron chi connectivity index (χ1n) is 9.95. The maximum Gasteiger partial charge on any atom is 0.269 e. The van der Waals surface area contributed by atoms with E-state index in [2.05, 4.69) is 5.32 Å². The van der Waals surface area contributed by atoms with Crippen molar-refractivity contribution in [3.05, 3.63) is 112 Å². The Kier molecular flexibility index (Phi) is 7.25. The highest BCUT2D eigenvalue weighted by molar-refractivity contribution is 6.05. The van der Waals surface area contributed by atoms with E-state index < -0.39 is 34.5 Å². The molecule has 0 aromatic heterocycles. The summed E-state index contributed by atoms with van der Waals surface area (Å²) < 4.78 is 0. The van der Waals surface area contributed by atoms with Crippen LogP contribution in [-0.2, 0) is 0 Å². The van der Waals surface area contributed by atoms with Gasteiger partial charge in [0.05, 0.1) is 17.1 Å². The van der Waals surface area contributed by atoms with Gasteiger partial charge in [-0.2, -0.15) is 10.5 Å². The predicted octanol–water partition coefficient (Wildman–Crippen LogP) is 4.02. The molecule has 0 aliphatic carbocycles. The highest BCUT2D eigenvalue weighted by Gasteiger charge is 2.38. The number of nitrogens with one attached hydrogen (secondary N) is 1. The maximum absolute atomic E-state index is 13.5. The molecule has 0 fully saturated rings. The molecule has 0 spiro atoms. The monoisotopic (exact) mass is 438 g/mol. The third-order valence-corrected chi connectivity index (χ3v) is 5.15. The molecule has 3 aromatic rings. The van der Waals surface area contributed by atoms with Crippen molar-refractivity contribution in [2.45, 2.75) is 12.0 Å². The van der Waals surface area contributed by atoms with Crippen molar-refractivity contribution in [2.75, 3.05) is 0 Å². The fraction of sp³-hybridized carbons (Fsp3) is 0.120. The summed E-state index contributed by atoms with van der Waals surface area (Å²) in [6.45, 7) is 0. The number of benzene rings is 3. The number of non-ortho nitro benzene ring substituents is 1. The molecule has 0 radical (unpaired) electrons. The van der Waals surface area contributed by atoms with Crippen LogP contribution in [0.3, 0.4) is 0 Å². The number of ketones is 1. The van der Waals surface area contributed by atoms with Crippen LogP contribution in [0.4, 0.5) is 5.69 Å². The minimum Gasteiger partial charge on any atom is -0.341 e. The normalized spacial score (nSPS) is 12.1. The molecule has 0 bridgehead atoms. The molecule has 0 unspecified atom stereocenters. The van der Waals surface area contributed by atoms with Gasteiger partial charge in [-0.15, -0.1) is 0 Å². The summed E-state index contributed by atoms with van der Waals surface area (Å²) in [6.07, 6.45) is 0. The molecule has 8 heteroatoms. The molecule has 2 atom stereocenters. The third kappa shape index (κ3) is 5.27. The van der Waals surface area contributed by atoms with Gasteiger partial charge in [-0.1, -0.05) is 60.7 Å². The van der Waals surface area contributed by atoms with Gasteiger partial charge in [-0.25, -0.2) is 0 Å². The molecule has 3 rings (SSSR count). The molecule has 33 heavy (non-hydrogen) atoms. The molecule has 0 heterocycles. The predicted molar refractivity (Wildman–Crippen MR) is 119 cm³/mol. The summed E-state index contributed by atoms with van der Waals surface area (Å²) >= 11 is 0. The van der Waals surface area contributed by atoms with E-state index >= 15 is 0 Å². The van der Waals surface area contributed by atoms with E-state index in [9.17, 15) is 30.2 Å². The van der Waals surface area contributed by atoms with Gasteiger partial charge in [0.1, 0.15) is 12.0 Å². The van der Waals surface area contributed by atoms with Crippen LogP contribution < -0.4 is 5.32 Å². The standard InChI is InChI=1S/C25H18N4O4/c26-15-20(16-27)22(17-11-13-21(14-12-17)29(32)33)23(24(30)18-7-3-1-4-8-18)28-25(31)19-9-5-2-6-10-19/h1-14,20,22-23H,(H,28,31)/t22-,23-/m0/s1. The number of carbonyl (C=O) groups is 2. The Balaban J connectivity index is 2.11. The lowest BCUT2D eigenvalue weighted by Crippen LogP contribution is -2.47. The Hall–Kier alpha value is -4.82. The van der Waals surface area contributed by atoms with Crippen LogP contribution in [0.5, 0.6) is 0 Å². The Morgan fingerprint density at radius 1 is 0.818 bits per heavy atom. The number of nitriles is 2. The van der Waals surface area contributed by atoms with Gasteiger partial charge in [-0.05, 0) is 17.7 Å². The minimum atomic E-state index is -1.31. The zero-order valence-corrected chi connectivity index (χ0v) is 17.3. The average molecular weight is 438 g/mol. The molecule has 8 nitrogen and oxygen atoms in total. The quantitative estimate of drug-likeness (QED) is 0.320. The van der Waals surface area contributed by atoms with Crippen molar-refractivity contribution in [1.29, 1.82) is 10.5 Å². The molecule has 3 aromatic carbocycles. The number of carbonyl (C=O) groups excluding carboxylic acids is 2. The Bertz CT molecular complexity index is 1220. The van der Waals surface area contributed by atoms with Gasteiger partial charge in [0.2, 0.25) is 0 Å². The van der Waals surface area contributed by atoms with Crippen LogP contribution >= 0.6 is 0 Å². The lowest BCUT2D eigenvalue weighted by Gasteiger charge is -2.28. The summed E-state index contributed by atoms with van der Waals surface area (Å²) in [7, 11) is 0. The van der Waals surface area contributed by atoms with Gasteiger partial charge >= 0.3 is 0 Å². The highest BCUT2D eigenvalue weighted by Crippen LogP contribution is 2.31. The zero-order valence-electron chi connectivity index (χ0n) is 17.3. The number of hydrogen-bond acceptors (Lipinski definition) is 6. The van der Waals surface area contributed by atoms with Crippen LogP contribution in [0.1, 0.15) is 32.2 Å². The maximum atomic E-state index is 13.5. The molecule has 162 valence electrons. The molecule has 0 aliphatic rings. The highest BCUT2D eigenvalue weighted by atomic mass is 16.6. The smallest absolute Gasteiger partial charge is 0.269 e. The summed E-state index contributed by atoms with van der Waals surface area (Å²) in [6, 6.07) is 24.2. The van der Waals surface area contributed by atoms with Crippen molar-refractivity contribution in [3.63, 3.8) is 0 Å². The van der Waals surface area contributed by atoms with E-state index in [1.165, 1.54) is 24.3 Å². The van der Waals surface area contributed by atoms with Crippen molar-refractivity contribution in [1.82, 2.24) is 5.32 Å². The number of nitro groups is 1. The van der Waals surface area contributed by atoms with Crippen LogP contribution in [-0.4, -0.2) is 22.7 Å². The fourth-order valence-electron chi connectivity index (χ4n) is 3.50. The first kappa shape index (κ1) is 22.9. The molecule has 0 saturated carbocycles. The molecule has 0 aliphatic heterocycles. The Morgan fingerprint density at radius 2 is 1.33 bits per heavy atom. The number of Topliss-reactive ketones (excluding diaryl/α,β-unsaturated/α-hetero) is 1. The van der Waals surface area contributed by atoms with E-state index in [0.717, 1.165) is 0 Å². The first-order valence-corrected chi connectivity index (χ1v) is 9.95. The van der Waals surface area contributed by atoms with Crippen LogP contribution in [0.15, 0.2) is 84.9 Å². The topological polar surface area (TPSA) is 137 Å². The van der Waals surface area contributed by atoms with E-state index in [0.29, 0.717) is 11.1 Å². The average Bonchev–Trinajstić information content (AvgIpc) is 2.86. The van der Waals surface area contributed by atoms with Gasteiger partial charge in [0.25, 0.3) is 11.6 Å². The van der Waals surface area contributed by atoms with Gasteiger partial charge < -0.3 is 5.32 Å². The number of nitro benzene ring substituents is 1. The van der Waals surface area contributed by atoms with Crippen LogP contribution in [0, 0.1) is 38.7 Å². The lowest BCUT2D eigenvalue weighted by molar-refractivity contribution is -0.384. The Labute approximate surface area is 189 Å². The van der Waals surface area contributed by atoms with E-state index in [1.807, 2.05) is 12.1 Å². The second-order valence-corrected chi connectivity index (χ2v) is 7.16. The van der Waals surface area contributed by atoms with Gasteiger partial charge in [0.15, 0.2) is 5.78 Å². The van der Waals surface area contributed by atoms with E-state index in [4.69, 9.17) is 0 Å². The van der Waals surface area contributed by atoms with E-state index in [1.54, 1.807) is 60.7 Å². The van der Waals surface area contributed by atoms with Crippen LogP contribution in [0.25, 0.3) is 0 Å². The second kappa shape index (κ2) is 10.5. The number of amides is 1. The largest absolute Gasteiger partial charge is 0.341 e. The molecule has 1 amide bonds. The van der Waals surface area contributed by atoms with Crippen molar-refractivity contribution < 1.29 is 14.5 Å². The second-order valence-electron chi connectivity index (χ2n) is 7.16. The fourth-order valence-corrected chi connectivity index (χ4v) is 3.50. The molecule has 1 N–H and O–H groups in total. The molecule has 0 saturated heterocycles. The third-order valence-electron chi connectivity index (χ3n) is 5.15. The summed E-state index contributed by atoms with van der Waals surface area (Å²) in [4.78, 5) is 36.9. The van der Waals surface area contributed by atoms with Gasteiger partial charge in [-0.3, -0.25) is 19.7 Å². The molecular weight excluding hydrogens is 420 g/mol. The van der Waals surface area contributed by atoms with Crippen molar-refractivity contribution >= 4 is 17.4 Å². The van der Waals surface area contributed by atoms with Gasteiger partial charge in [0, 0.05) is 29.2 Å². The van der Waals surface area contributed by atoms with E-state index in [-0.39, 0.29) is 11.3 Å². The SMILES string of the molecule is N#CC(C#N)[C@H](c1ccc([N+](=O)[O-])cc1)[C@H](NC(=O)c1ccccc1)C(=O)c1ccccc1. The minimum absolute atomic E-state index is 0.178. The van der Waals surface area contributed by atoms with Crippen molar-refractivity contribution in [2.24, 2.45) is 5.92 Å². The zero-order chi connectivity index (χ0) is 23.8. The van der Waals surface area contributed by atoms with Crippen molar-refractivity contribution in [3.8, 4) is 12.1 Å². The summed E-state index contributed by atoms with van der Waals surface area (Å²) in [5.74, 6) is -3.41. The molecular formula is C25H18N4O4. The number of nitrogens with zero attached hydrogens (tertiary/aromatic N) is 3. The number of rotatable bonds is 8. The van der Waals surface area contributed by atoms with Crippen LogP contribution in [0.2, 0.25) is 0 Å².